The van der Waals surface area contributed by atoms with E-state index in [0.717, 1.165) is 60.7 Å². The van der Waals surface area contributed by atoms with Crippen LogP contribution >= 0.6 is 11.3 Å². The van der Waals surface area contributed by atoms with Crippen LogP contribution in [0.25, 0.3) is 0 Å². The number of rotatable bonds is 8. The lowest BCUT2D eigenvalue weighted by atomic mass is 10.0. The van der Waals surface area contributed by atoms with Gasteiger partial charge in [0.1, 0.15) is 5.76 Å². The average Bonchev–Trinajstić information content (AvgIpc) is 3.34. The quantitative estimate of drug-likeness (QED) is 0.735. The molecule has 3 rings (SSSR count). The Hall–Kier alpha value is -1.93. The fraction of sp³-hybridized carbons (Fsp3) is 0.632. The van der Waals surface area contributed by atoms with E-state index in [2.05, 4.69) is 22.4 Å². The lowest BCUT2D eigenvalue weighted by Crippen LogP contribution is -2.37. The van der Waals surface area contributed by atoms with E-state index in [0.29, 0.717) is 18.3 Å². The minimum absolute atomic E-state index is 0.0308. The van der Waals surface area contributed by atoms with Crippen molar-refractivity contribution < 1.29 is 18.8 Å². The van der Waals surface area contributed by atoms with E-state index in [1.54, 1.807) is 0 Å². The summed E-state index contributed by atoms with van der Waals surface area (Å²) in [6, 6.07) is 0.0308. The minimum Gasteiger partial charge on any atom is -0.397 e. The molecular weight excluding hydrogens is 366 g/mol. The van der Waals surface area contributed by atoms with Crippen molar-refractivity contribution in [3.05, 3.63) is 27.7 Å². The summed E-state index contributed by atoms with van der Waals surface area (Å²) >= 11 is 1.42. The summed E-state index contributed by atoms with van der Waals surface area (Å²) in [6.45, 7) is 7.20. The topological polar surface area (TPSA) is 86.5 Å². The van der Waals surface area contributed by atoms with Gasteiger partial charge in [0.05, 0.1) is 29.0 Å². The number of thiazole rings is 1. The van der Waals surface area contributed by atoms with Gasteiger partial charge in [-0.1, -0.05) is 29.8 Å². The van der Waals surface area contributed by atoms with Gasteiger partial charge >= 0.3 is 6.09 Å². The molecule has 1 aliphatic rings. The van der Waals surface area contributed by atoms with Gasteiger partial charge in [0.25, 0.3) is 0 Å². The first-order valence-corrected chi connectivity index (χ1v) is 10.3. The molecule has 1 atom stereocenters. The van der Waals surface area contributed by atoms with Crippen LogP contribution in [0, 0.1) is 13.8 Å². The smallest absolute Gasteiger partial charge is 0.397 e. The predicted molar refractivity (Wildman–Crippen MR) is 102 cm³/mol. The third-order valence-electron chi connectivity index (χ3n) is 4.66. The first-order valence-electron chi connectivity index (χ1n) is 9.53. The maximum absolute atomic E-state index is 12.0. The van der Waals surface area contributed by atoms with Crippen LogP contribution in [0.15, 0.2) is 4.52 Å². The molecule has 1 aliphatic heterocycles. The molecule has 2 aromatic rings. The van der Waals surface area contributed by atoms with Crippen molar-refractivity contribution in [3.63, 3.8) is 0 Å². The molecule has 0 aromatic carbocycles. The van der Waals surface area contributed by atoms with Crippen molar-refractivity contribution in [1.29, 1.82) is 0 Å². The van der Waals surface area contributed by atoms with E-state index in [4.69, 9.17) is 14.0 Å². The molecule has 0 spiro atoms. The van der Waals surface area contributed by atoms with Crippen molar-refractivity contribution in [3.8, 4) is 5.06 Å². The van der Waals surface area contributed by atoms with E-state index in [-0.39, 0.29) is 6.04 Å². The second-order valence-electron chi connectivity index (χ2n) is 6.84. The molecule has 1 saturated heterocycles. The molecule has 1 fully saturated rings. The second-order valence-corrected chi connectivity index (χ2v) is 7.89. The Balaban J connectivity index is 1.56. The standard InChI is InChI=1S/C19H27N3O4S/c1-4-5-6-16-15(13(3)26-22-16)7-8-17-20-12(2)18(27-17)25-19(23)21-14-9-10-24-11-14/h14H,4-11H2,1-3H3,(H,21,23). The fourth-order valence-corrected chi connectivity index (χ4v) is 4.01. The van der Waals surface area contributed by atoms with Crippen LogP contribution in [0.4, 0.5) is 4.79 Å². The van der Waals surface area contributed by atoms with Crippen LogP contribution < -0.4 is 10.1 Å². The summed E-state index contributed by atoms with van der Waals surface area (Å²) in [7, 11) is 0. The Bertz CT molecular complexity index is 765. The Labute approximate surface area is 163 Å². The summed E-state index contributed by atoms with van der Waals surface area (Å²) in [5.41, 5.74) is 2.97. The van der Waals surface area contributed by atoms with Crippen molar-refractivity contribution in [2.24, 2.45) is 0 Å². The number of nitrogens with one attached hydrogen (secondary N) is 1. The third-order valence-corrected chi connectivity index (χ3v) is 5.75. The Morgan fingerprint density at radius 1 is 1.33 bits per heavy atom. The predicted octanol–water partition coefficient (Wildman–Crippen LogP) is 3.75. The maximum atomic E-state index is 12.0. The van der Waals surface area contributed by atoms with Crippen molar-refractivity contribution in [1.82, 2.24) is 15.5 Å². The number of carbonyl (C=O) groups is 1. The highest BCUT2D eigenvalue weighted by molar-refractivity contribution is 7.13. The zero-order chi connectivity index (χ0) is 19.2. The number of unbranched alkanes of at least 4 members (excludes halogenated alkanes) is 1. The fourth-order valence-electron chi connectivity index (χ4n) is 3.10. The molecule has 0 radical (unpaired) electrons. The number of hydrogen-bond acceptors (Lipinski definition) is 7. The molecule has 148 valence electrons. The minimum atomic E-state index is -0.444. The van der Waals surface area contributed by atoms with Crippen LogP contribution in [0.5, 0.6) is 5.06 Å². The third kappa shape index (κ3) is 5.29. The van der Waals surface area contributed by atoms with Gasteiger partial charge in [0.2, 0.25) is 5.06 Å². The number of carbonyl (C=O) groups excluding carboxylic acids is 1. The van der Waals surface area contributed by atoms with Crippen LogP contribution in [0.3, 0.4) is 0 Å². The van der Waals surface area contributed by atoms with Gasteiger partial charge in [-0.3, -0.25) is 0 Å². The number of nitrogens with zero attached hydrogens (tertiary/aromatic N) is 2. The van der Waals surface area contributed by atoms with Gasteiger partial charge < -0.3 is 19.3 Å². The molecule has 0 aliphatic carbocycles. The largest absolute Gasteiger partial charge is 0.413 e. The van der Waals surface area contributed by atoms with Crippen molar-refractivity contribution in [2.45, 2.75) is 65.3 Å². The maximum Gasteiger partial charge on any atom is 0.413 e. The van der Waals surface area contributed by atoms with Gasteiger partial charge in [-0.25, -0.2) is 9.78 Å². The highest BCUT2D eigenvalue weighted by atomic mass is 32.1. The zero-order valence-corrected chi connectivity index (χ0v) is 17.0. The van der Waals surface area contributed by atoms with E-state index < -0.39 is 6.09 Å². The molecule has 1 amide bonds. The number of aromatic nitrogens is 2. The lowest BCUT2D eigenvalue weighted by Gasteiger charge is -2.09. The zero-order valence-electron chi connectivity index (χ0n) is 16.2. The molecule has 3 heterocycles. The van der Waals surface area contributed by atoms with Crippen molar-refractivity contribution >= 4 is 17.4 Å². The summed E-state index contributed by atoms with van der Waals surface area (Å²) in [6.07, 6.45) is 5.15. The second kappa shape index (κ2) is 9.32. The van der Waals surface area contributed by atoms with Crippen molar-refractivity contribution in [2.75, 3.05) is 13.2 Å². The first kappa shape index (κ1) is 19.8. The molecule has 0 saturated carbocycles. The van der Waals surface area contributed by atoms with Gasteiger partial charge in [0.15, 0.2) is 0 Å². The average molecular weight is 394 g/mol. The van der Waals surface area contributed by atoms with E-state index in [9.17, 15) is 4.79 Å². The Morgan fingerprint density at radius 3 is 2.93 bits per heavy atom. The summed E-state index contributed by atoms with van der Waals surface area (Å²) in [4.78, 5) is 16.6. The molecule has 8 heteroatoms. The van der Waals surface area contributed by atoms with E-state index in [1.165, 1.54) is 16.9 Å². The molecule has 7 nitrogen and oxygen atoms in total. The van der Waals surface area contributed by atoms with Gasteiger partial charge in [-0.2, -0.15) is 0 Å². The highest BCUT2D eigenvalue weighted by Gasteiger charge is 2.21. The molecule has 1 N–H and O–H groups in total. The Kier molecular flexibility index (Phi) is 6.84. The first-order chi connectivity index (χ1) is 13.1. The summed E-state index contributed by atoms with van der Waals surface area (Å²) in [5, 5.41) is 8.52. The molecule has 27 heavy (non-hydrogen) atoms. The van der Waals surface area contributed by atoms with Gasteiger partial charge in [-0.15, -0.1) is 0 Å². The molecular formula is C19H27N3O4S. The monoisotopic (exact) mass is 393 g/mol. The van der Waals surface area contributed by atoms with Crippen LogP contribution in [0.1, 0.15) is 53.9 Å². The Morgan fingerprint density at radius 2 is 2.19 bits per heavy atom. The van der Waals surface area contributed by atoms with Crippen LogP contribution in [0.2, 0.25) is 0 Å². The van der Waals surface area contributed by atoms with Gasteiger partial charge in [0, 0.05) is 18.6 Å². The SMILES string of the molecule is CCCCc1noc(C)c1CCc1nc(C)c(OC(=O)NC2CCOC2)s1. The summed E-state index contributed by atoms with van der Waals surface area (Å²) in [5.74, 6) is 0.879. The van der Waals surface area contributed by atoms with Crippen LogP contribution in [-0.2, 0) is 24.0 Å². The number of hydrogen-bond donors (Lipinski definition) is 1. The van der Waals surface area contributed by atoms with Gasteiger partial charge in [-0.05, 0) is 39.5 Å². The normalized spacial score (nSPS) is 16.6. The number of amides is 1. The molecule has 1 unspecified atom stereocenters. The van der Waals surface area contributed by atoms with Crippen LogP contribution in [-0.4, -0.2) is 35.5 Å². The molecule has 0 bridgehead atoms. The molecule has 2 aromatic heterocycles. The lowest BCUT2D eigenvalue weighted by molar-refractivity contribution is 0.179. The summed E-state index contributed by atoms with van der Waals surface area (Å²) < 4.78 is 16.1. The highest BCUT2D eigenvalue weighted by Crippen LogP contribution is 2.28. The van der Waals surface area contributed by atoms with E-state index in [1.807, 2.05) is 13.8 Å². The van der Waals surface area contributed by atoms with E-state index >= 15 is 0 Å². The number of aryl methyl sites for hydroxylation is 4. The number of ether oxygens (including phenoxy) is 2.